The minimum absolute atomic E-state index is 0.00408. The maximum Gasteiger partial charge on any atom is 0.410 e. The van der Waals surface area contributed by atoms with Crippen LogP contribution < -0.4 is 10.2 Å². The minimum atomic E-state index is -4.48. The predicted molar refractivity (Wildman–Crippen MR) is 81.8 cm³/mol. The van der Waals surface area contributed by atoms with Crippen molar-refractivity contribution in [2.75, 3.05) is 31.1 Å². The molecule has 8 heteroatoms. The lowest BCUT2D eigenvalue weighted by Crippen LogP contribution is -2.59. The molecule has 0 saturated carbocycles. The third kappa shape index (κ3) is 3.24. The van der Waals surface area contributed by atoms with E-state index in [1.165, 1.54) is 12.1 Å². The van der Waals surface area contributed by atoms with Crippen molar-refractivity contribution in [1.82, 2.24) is 10.2 Å². The van der Waals surface area contributed by atoms with Crippen LogP contribution in [0.1, 0.15) is 23.2 Å². The first-order chi connectivity index (χ1) is 11.4. The Balaban J connectivity index is 1.85. The largest absolute Gasteiger partial charge is 0.410 e. The topological polar surface area (TPSA) is 52.7 Å². The number of nitrogens with zero attached hydrogens (tertiary/aromatic N) is 2. The first-order valence-electron chi connectivity index (χ1n) is 7.87. The van der Waals surface area contributed by atoms with E-state index < -0.39 is 18.1 Å². The third-order valence-electron chi connectivity index (χ3n) is 4.36. The first-order valence-corrected chi connectivity index (χ1v) is 7.87. The molecule has 0 aliphatic carbocycles. The molecule has 2 saturated heterocycles. The lowest BCUT2D eigenvalue weighted by Gasteiger charge is -2.37. The van der Waals surface area contributed by atoms with Crippen molar-refractivity contribution in [3.63, 3.8) is 0 Å². The number of benzene rings is 1. The van der Waals surface area contributed by atoms with Crippen LogP contribution in [0.3, 0.4) is 0 Å². The van der Waals surface area contributed by atoms with Gasteiger partial charge in [0.1, 0.15) is 6.04 Å². The highest BCUT2D eigenvalue weighted by Crippen LogP contribution is 2.28. The number of carbonyl (C=O) groups excluding carboxylic acids is 2. The van der Waals surface area contributed by atoms with E-state index in [0.717, 1.165) is 11.3 Å². The summed E-state index contributed by atoms with van der Waals surface area (Å²) in [6, 6.07) is 4.44. The van der Waals surface area contributed by atoms with Gasteiger partial charge < -0.3 is 15.1 Å². The molecular formula is C16H18F3N3O2. The highest BCUT2D eigenvalue weighted by Gasteiger charge is 2.46. The highest BCUT2D eigenvalue weighted by molar-refractivity contribution is 5.99. The number of halogens is 3. The molecule has 2 aliphatic rings. The zero-order valence-electron chi connectivity index (χ0n) is 13.0. The van der Waals surface area contributed by atoms with Crippen molar-refractivity contribution in [1.29, 1.82) is 0 Å². The average molecular weight is 341 g/mol. The van der Waals surface area contributed by atoms with Crippen LogP contribution >= 0.6 is 0 Å². The number of alkyl halides is 3. The first kappa shape index (κ1) is 16.8. The van der Waals surface area contributed by atoms with Crippen LogP contribution in [-0.4, -0.2) is 55.1 Å². The maximum atomic E-state index is 13.2. The van der Waals surface area contributed by atoms with Crippen LogP contribution in [0.15, 0.2) is 24.3 Å². The highest BCUT2D eigenvalue weighted by atomic mass is 19.4. The van der Waals surface area contributed by atoms with Gasteiger partial charge in [-0.25, -0.2) is 0 Å². The predicted octanol–water partition coefficient (Wildman–Crippen LogP) is 1.79. The van der Waals surface area contributed by atoms with Gasteiger partial charge in [0.25, 0.3) is 5.91 Å². The van der Waals surface area contributed by atoms with Crippen LogP contribution in [0.25, 0.3) is 0 Å². The van der Waals surface area contributed by atoms with E-state index in [2.05, 4.69) is 5.32 Å². The van der Waals surface area contributed by atoms with Crippen molar-refractivity contribution in [3.8, 4) is 0 Å². The number of carbonyl (C=O) groups is 2. The lowest BCUT2D eigenvalue weighted by atomic mass is 10.1. The molecule has 2 heterocycles. The fourth-order valence-electron chi connectivity index (χ4n) is 3.13. The molecule has 5 nitrogen and oxygen atoms in total. The summed E-state index contributed by atoms with van der Waals surface area (Å²) in [5, 5.41) is 2.67. The summed E-state index contributed by atoms with van der Waals surface area (Å²) in [7, 11) is 0. The van der Waals surface area contributed by atoms with Gasteiger partial charge in [0, 0.05) is 43.9 Å². The molecule has 1 N–H and O–H groups in total. The SMILES string of the molecule is O=C1CCCN1c1cccc(C(=O)N2CCNCC2C(F)(F)F)c1. The summed E-state index contributed by atoms with van der Waals surface area (Å²) in [6.45, 7) is 0.577. The standard InChI is InChI=1S/C16H18F3N3O2/c17-16(18,19)13-10-20-6-8-22(13)15(24)11-3-1-4-12(9-11)21-7-2-5-14(21)23/h1,3-4,9,13,20H,2,5-8,10H2. The second-order valence-corrected chi connectivity index (χ2v) is 5.96. The Morgan fingerprint density at radius 2 is 2.04 bits per heavy atom. The summed E-state index contributed by atoms with van der Waals surface area (Å²) < 4.78 is 39.5. The molecule has 1 aromatic rings. The van der Waals surface area contributed by atoms with Gasteiger partial charge in [-0.2, -0.15) is 13.2 Å². The van der Waals surface area contributed by atoms with Crippen LogP contribution in [0.5, 0.6) is 0 Å². The van der Waals surface area contributed by atoms with Crippen molar-refractivity contribution in [3.05, 3.63) is 29.8 Å². The number of hydrogen-bond acceptors (Lipinski definition) is 3. The molecule has 0 spiro atoms. The lowest BCUT2D eigenvalue weighted by molar-refractivity contribution is -0.179. The van der Waals surface area contributed by atoms with E-state index >= 15 is 0 Å². The number of nitrogens with one attached hydrogen (secondary N) is 1. The number of amides is 2. The van der Waals surface area contributed by atoms with E-state index in [-0.39, 0.29) is 24.6 Å². The maximum absolute atomic E-state index is 13.2. The molecule has 2 fully saturated rings. The van der Waals surface area contributed by atoms with Crippen molar-refractivity contribution in [2.24, 2.45) is 0 Å². The van der Waals surface area contributed by atoms with Crippen LogP contribution in [-0.2, 0) is 4.79 Å². The fourth-order valence-corrected chi connectivity index (χ4v) is 3.13. The van der Waals surface area contributed by atoms with Gasteiger partial charge >= 0.3 is 6.18 Å². The Hall–Kier alpha value is -2.09. The van der Waals surface area contributed by atoms with Crippen molar-refractivity contribution >= 4 is 17.5 Å². The van der Waals surface area contributed by atoms with E-state index in [0.29, 0.717) is 25.2 Å². The van der Waals surface area contributed by atoms with E-state index in [1.807, 2.05) is 0 Å². The van der Waals surface area contributed by atoms with Gasteiger partial charge in [-0.05, 0) is 24.6 Å². The number of rotatable bonds is 2. The van der Waals surface area contributed by atoms with Crippen LogP contribution in [0, 0.1) is 0 Å². The molecule has 2 amide bonds. The van der Waals surface area contributed by atoms with E-state index in [9.17, 15) is 22.8 Å². The second-order valence-electron chi connectivity index (χ2n) is 5.96. The Morgan fingerprint density at radius 3 is 2.71 bits per heavy atom. The molecule has 1 atom stereocenters. The molecule has 0 aromatic heterocycles. The van der Waals surface area contributed by atoms with Gasteiger partial charge in [0.05, 0.1) is 0 Å². The Labute approximate surface area is 137 Å². The molecule has 0 bridgehead atoms. The monoisotopic (exact) mass is 341 g/mol. The van der Waals surface area contributed by atoms with Crippen molar-refractivity contribution < 1.29 is 22.8 Å². The molecule has 3 rings (SSSR count). The summed E-state index contributed by atoms with van der Waals surface area (Å²) >= 11 is 0. The van der Waals surface area contributed by atoms with Crippen molar-refractivity contribution in [2.45, 2.75) is 25.1 Å². The number of anilines is 1. The Kier molecular flexibility index (Phi) is 4.49. The van der Waals surface area contributed by atoms with Gasteiger partial charge in [-0.1, -0.05) is 6.07 Å². The quantitative estimate of drug-likeness (QED) is 0.892. The average Bonchev–Trinajstić information content (AvgIpc) is 2.99. The molecule has 130 valence electrons. The van der Waals surface area contributed by atoms with E-state index in [1.54, 1.807) is 17.0 Å². The van der Waals surface area contributed by atoms with Crippen LogP contribution in [0.4, 0.5) is 18.9 Å². The van der Waals surface area contributed by atoms with Gasteiger partial charge in [0.15, 0.2) is 0 Å². The van der Waals surface area contributed by atoms with Gasteiger partial charge in [-0.3, -0.25) is 9.59 Å². The zero-order valence-corrected chi connectivity index (χ0v) is 13.0. The Bertz CT molecular complexity index is 648. The van der Waals surface area contributed by atoms with Crippen LogP contribution in [0.2, 0.25) is 0 Å². The molecule has 0 radical (unpaired) electrons. The molecular weight excluding hydrogens is 323 g/mol. The minimum Gasteiger partial charge on any atom is -0.324 e. The molecule has 1 aromatic carbocycles. The van der Waals surface area contributed by atoms with Gasteiger partial charge in [-0.15, -0.1) is 0 Å². The summed E-state index contributed by atoms with van der Waals surface area (Å²) in [4.78, 5) is 26.8. The normalized spacial score (nSPS) is 22.1. The molecule has 1 unspecified atom stereocenters. The smallest absolute Gasteiger partial charge is 0.324 e. The van der Waals surface area contributed by atoms with Gasteiger partial charge in [0.2, 0.25) is 5.91 Å². The summed E-state index contributed by atoms with van der Waals surface area (Å²) in [6.07, 6.45) is -3.29. The Morgan fingerprint density at radius 1 is 1.25 bits per heavy atom. The summed E-state index contributed by atoms with van der Waals surface area (Å²) in [5.74, 6) is -0.692. The third-order valence-corrected chi connectivity index (χ3v) is 4.36. The molecule has 24 heavy (non-hydrogen) atoms. The fraction of sp³-hybridized carbons (Fsp3) is 0.500. The number of hydrogen-bond donors (Lipinski definition) is 1. The molecule has 2 aliphatic heterocycles. The summed E-state index contributed by atoms with van der Waals surface area (Å²) in [5.41, 5.74) is 0.727. The second kappa shape index (κ2) is 6.43. The zero-order chi connectivity index (χ0) is 17.3. The van der Waals surface area contributed by atoms with E-state index in [4.69, 9.17) is 0 Å². The number of piperazine rings is 1.